The number of carbonyl (C=O) groups is 4. The van der Waals surface area contributed by atoms with Crippen LogP contribution < -0.4 is 0 Å². The van der Waals surface area contributed by atoms with E-state index in [1.165, 1.54) is 0 Å². The minimum Gasteiger partial charge on any atom is -0.462 e. The van der Waals surface area contributed by atoms with Gasteiger partial charge in [-0.05, 0) is 154 Å². The highest BCUT2D eigenvalue weighted by Crippen LogP contribution is 2.45. The summed E-state index contributed by atoms with van der Waals surface area (Å²) >= 11 is 0. The first-order valence-electron chi connectivity index (χ1n) is 38.6. The molecule has 0 radical (unpaired) electrons. The molecule has 19 heteroatoms. The number of aliphatic hydroxyl groups excluding tert-OH is 1. The first kappa shape index (κ1) is 100. The lowest BCUT2D eigenvalue weighted by molar-refractivity contribution is -0.160. The molecule has 4 unspecified atom stereocenters. The summed E-state index contributed by atoms with van der Waals surface area (Å²) < 4.78 is 68.1. The monoisotopic (exact) mass is 1530 g/mol. The Morgan fingerprint density at radius 2 is 0.444 bits per heavy atom. The van der Waals surface area contributed by atoms with Crippen LogP contribution in [0, 0.1) is 0 Å². The van der Waals surface area contributed by atoms with Gasteiger partial charge in [-0.2, -0.15) is 0 Å². The molecule has 0 aromatic carbocycles. The summed E-state index contributed by atoms with van der Waals surface area (Å²) in [6.07, 6.45) is 105. The number of hydrogen-bond donors (Lipinski definition) is 3. The number of esters is 4. The Labute approximate surface area is 649 Å². The summed E-state index contributed by atoms with van der Waals surface area (Å²) in [6.45, 7) is 3.92. The summed E-state index contributed by atoms with van der Waals surface area (Å²) in [5.74, 6) is -2.72. The number of carbonyl (C=O) groups excluding carboxylic acids is 4. The van der Waals surface area contributed by atoms with Crippen LogP contribution in [0.15, 0.2) is 267 Å². The van der Waals surface area contributed by atoms with Gasteiger partial charge in [0, 0.05) is 12.8 Å². The lowest BCUT2D eigenvalue weighted by Gasteiger charge is -2.21. The molecule has 0 amide bonds. The summed E-state index contributed by atoms with van der Waals surface area (Å²) in [5, 5.41) is 10.6. The van der Waals surface area contributed by atoms with E-state index in [0.29, 0.717) is 38.5 Å². The van der Waals surface area contributed by atoms with E-state index in [1.54, 1.807) is 24.3 Å². The van der Waals surface area contributed by atoms with Crippen LogP contribution in [-0.4, -0.2) is 96.7 Å². The molecule has 0 aliphatic heterocycles. The number of phosphoric acid groups is 2. The van der Waals surface area contributed by atoms with Gasteiger partial charge in [0.2, 0.25) is 0 Å². The fraction of sp³-hybridized carbons (Fsp3) is 0.461. The standard InChI is InChI=1S/C89H130O17P2/c1-5-9-13-17-21-25-29-33-37-39-41-43-47-49-53-57-61-65-69-73-86(91)99-79-84(105-88(93)75-71-67-63-59-55-51-45-35-31-27-23-19-15-11-7-3)81-103-107(95,96)101-77-83(90)78-102-108(97,98)104-82-85(106-89(94)76-72-68-64-60-56-52-46-36-32-28-24-20-16-12-8-4)80-100-87(92)74-70-66-62-58-54-50-48-44-42-40-38-34-30-26-22-18-14-10-6-2/h9-16,21-28,33-38,41-46,49-50,53-56,59-62,65-68,71-72,83-85,90H,5-8,17-20,29-32,39-40,47-48,51-52,57-58,63-64,69-70,73-82H2,1-4H3,(H,95,96)(H,97,98)/b13-9-,14-10-,15-11-,16-12-,25-21-,26-22-,27-23-,28-24-,37-33-,38-34-,43-41-,44-42-,45-35-,46-36-,53-49-,54-50-,59-55-,60-56-,65-61-,66-62-,71-67-,72-68-. The number of ether oxygens (including phenoxy) is 4. The van der Waals surface area contributed by atoms with E-state index in [0.717, 1.165) is 116 Å². The highest BCUT2D eigenvalue weighted by molar-refractivity contribution is 7.47. The van der Waals surface area contributed by atoms with Gasteiger partial charge in [0.15, 0.2) is 12.2 Å². The molecule has 0 aromatic heterocycles. The van der Waals surface area contributed by atoms with Crippen molar-refractivity contribution in [2.24, 2.45) is 0 Å². The predicted octanol–water partition coefficient (Wildman–Crippen LogP) is 22.8. The van der Waals surface area contributed by atoms with Crippen molar-refractivity contribution >= 4 is 39.5 Å². The van der Waals surface area contributed by atoms with Crippen molar-refractivity contribution in [3.8, 4) is 0 Å². The number of rotatable bonds is 68. The number of aliphatic hydroxyl groups is 1. The minimum absolute atomic E-state index is 0.000171. The van der Waals surface area contributed by atoms with Gasteiger partial charge < -0.3 is 33.8 Å². The highest BCUT2D eigenvalue weighted by atomic mass is 31.2. The Bertz CT molecular complexity index is 2910. The van der Waals surface area contributed by atoms with E-state index in [2.05, 4.69) is 210 Å². The van der Waals surface area contributed by atoms with Crippen molar-refractivity contribution in [2.45, 2.75) is 226 Å². The van der Waals surface area contributed by atoms with Crippen molar-refractivity contribution in [1.29, 1.82) is 0 Å². The van der Waals surface area contributed by atoms with Crippen molar-refractivity contribution in [1.82, 2.24) is 0 Å². The van der Waals surface area contributed by atoms with Crippen LogP contribution >= 0.6 is 15.6 Å². The van der Waals surface area contributed by atoms with Crippen molar-refractivity contribution in [3.05, 3.63) is 267 Å². The highest BCUT2D eigenvalue weighted by Gasteiger charge is 2.30. The van der Waals surface area contributed by atoms with Gasteiger partial charge in [0.1, 0.15) is 19.3 Å². The molecule has 0 aliphatic carbocycles. The number of allylic oxidation sites excluding steroid dienone is 42. The molecule has 0 rings (SSSR count). The van der Waals surface area contributed by atoms with Gasteiger partial charge in [-0.25, -0.2) is 9.13 Å². The lowest BCUT2D eigenvalue weighted by Crippen LogP contribution is -2.30. The second-order valence-corrected chi connectivity index (χ2v) is 27.0. The van der Waals surface area contributed by atoms with Gasteiger partial charge in [0.05, 0.1) is 39.3 Å². The van der Waals surface area contributed by atoms with E-state index in [9.17, 15) is 43.2 Å². The summed E-state index contributed by atoms with van der Waals surface area (Å²) in [5.41, 5.74) is 0. The molecule has 0 aromatic rings. The molecule has 0 saturated heterocycles. The zero-order valence-electron chi connectivity index (χ0n) is 65.1. The SMILES string of the molecule is CC/C=C\C/C=C\C/C=C\C/C=C\C/C=C\C/C=C\CCC(=O)OCC(COP(=O)(O)OCC(O)COP(=O)(O)OCC(COC(=O)CC/C=C\C/C=C\C/C=C\C/C=C\C/C=C\C/C=C\CC)OC(=O)C/C=C\C/C=C\C/C=C\C/C=C\C/C=C\CC)OC(=O)C/C=C\C/C=C\C/C=C\C/C=C\C/C=C\CC. The largest absolute Gasteiger partial charge is 0.472 e. The van der Waals surface area contributed by atoms with E-state index in [-0.39, 0.29) is 25.7 Å². The molecule has 17 nitrogen and oxygen atoms in total. The third-order valence-corrected chi connectivity index (χ3v) is 16.2. The summed E-state index contributed by atoms with van der Waals surface area (Å²) in [4.78, 5) is 72.8. The summed E-state index contributed by atoms with van der Waals surface area (Å²) in [7, 11) is -10.1. The first-order valence-corrected chi connectivity index (χ1v) is 41.6. The zero-order valence-corrected chi connectivity index (χ0v) is 66.9. The maximum atomic E-state index is 13.1. The third-order valence-electron chi connectivity index (χ3n) is 14.3. The quantitative estimate of drug-likeness (QED) is 0.0222. The topological polar surface area (TPSA) is 237 Å². The van der Waals surface area contributed by atoms with Crippen molar-refractivity contribution in [2.75, 3.05) is 39.6 Å². The fourth-order valence-electron chi connectivity index (χ4n) is 8.60. The normalized spacial score (nSPS) is 15.3. The molecule has 108 heavy (non-hydrogen) atoms. The Kier molecular flexibility index (Phi) is 72.0. The van der Waals surface area contributed by atoms with E-state index >= 15 is 0 Å². The molecule has 598 valence electrons. The third kappa shape index (κ3) is 76.5. The molecule has 3 N–H and O–H groups in total. The van der Waals surface area contributed by atoms with E-state index < -0.39 is 97.5 Å². The van der Waals surface area contributed by atoms with Crippen LogP contribution in [0.5, 0.6) is 0 Å². The van der Waals surface area contributed by atoms with Crippen LogP contribution in [0.25, 0.3) is 0 Å². The van der Waals surface area contributed by atoms with Crippen LogP contribution in [0.4, 0.5) is 0 Å². The molecular formula is C89H130O17P2. The maximum Gasteiger partial charge on any atom is 0.472 e. The van der Waals surface area contributed by atoms with Crippen LogP contribution in [0.2, 0.25) is 0 Å². The Hall–Kier alpha value is -7.66. The van der Waals surface area contributed by atoms with Gasteiger partial charge in [-0.3, -0.25) is 37.3 Å². The predicted molar refractivity (Wildman–Crippen MR) is 444 cm³/mol. The van der Waals surface area contributed by atoms with E-state index in [4.69, 9.17) is 37.0 Å². The molecule has 0 bridgehead atoms. The Morgan fingerprint density at radius 3 is 0.657 bits per heavy atom. The maximum absolute atomic E-state index is 13.1. The fourth-order valence-corrected chi connectivity index (χ4v) is 10.2. The average Bonchev–Trinajstić information content (AvgIpc) is 0.923. The molecule has 0 spiro atoms. The lowest BCUT2D eigenvalue weighted by atomic mass is 10.2. The van der Waals surface area contributed by atoms with Crippen molar-refractivity contribution < 1.29 is 80.2 Å². The van der Waals surface area contributed by atoms with Gasteiger partial charge >= 0.3 is 39.5 Å². The zero-order chi connectivity index (χ0) is 78.9. The Balaban J connectivity index is 5.66. The Morgan fingerprint density at radius 1 is 0.259 bits per heavy atom. The molecule has 0 aliphatic rings. The second-order valence-electron chi connectivity index (χ2n) is 24.1. The van der Waals surface area contributed by atoms with Crippen LogP contribution in [0.1, 0.15) is 207 Å². The molecule has 0 heterocycles. The summed E-state index contributed by atoms with van der Waals surface area (Å²) in [6, 6.07) is 0. The number of phosphoric ester groups is 2. The van der Waals surface area contributed by atoms with Gasteiger partial charge in [-0.1, -0.05) is 295 Å². The smallest absolute Gasteiger partial charge is 0.462 e. The molecule has 0 saturated carbocycles. The van der Waals surface area contributed by atoms with E-state index in [1.807, 2.05) is 60.8 Å². The average molecular weight is 1530 g/mol. The first-order chi connectivity index (χ1) is 52.7. The molecule has 0 fully saturated rings. The molecule has 4 atom stereocenters. The van der Waals surface area contributed by atoms with Crippen LogP contribution in [0.3, 0.4) is 0 Å². The number of hydrogen-bond acceptors (Lipinski definition) is 15. The van der Waals surface area contributed by atoms with Gasteiger partial charge in [0.25, 0.3) is 0 Å². The van der Waals surface area contributed by atoms with Crippen molar-refractivity contribution in [3.63, 3.8) is 0 Å². The van der Waals surface area contributed by atoms with Crippen LogP contribution in [-0.2, 0) is 65.4 Å². The second kappa shape index (κ2) is 77.5. The molecular weight excluding hydrogens is 1400 g/mol. The van der Waals surface area contributed by atoms with Gasteiger partial charge in [-0.15, -0.1) is 0 Å². The minimum atomic E-state index is -5.05.